The van der Waals surface area contributed by atoms with Gasteiger partial charge in [0.15, 0.2) is 27.2 Å². The molecule has 1 N–H and O–H groups in total. The maximum Gasteiger partial charge on any atom is 0.416 e. The van der Waals surface area contributed by atoms with Gasteiger partial charge in [-0.3, -0.25) is 0 Å². The van der Waals surface area contributed by atoms with Crippen LogP contribution in [0.15, 0.2) is 65.6 Å². The summed E-state index contributed by atoms with van der Waals surface area (Å²) in [7, 11) is -3.99. The lowest BCUT2D eigenvalue weighted by atomic mass is 10.1. The van der Waals surface area contributed by atoms with Gasteiger partial charge in [0.1, 0.15) is 11.6 Å². The molecule has 3 aromatic carbocycles. The number of benzene rings is 3. The molecule has 4 aromatic rings. The highest BCUT2D eigenvalue weighted by Gasteiger charge is 2.31. The fourth-order valence-electron chi connectivity index (χ4n) is 3.20. The largest absolute Gasteiger partial charge is 0.454 e. The van der Waals surface area contributed by atoms with E-state index in [9.17, 15) is 30.4 Å². The van der Waals surface area contributed by atoms with Crippen molar-refractivity contribution in [1.29, 1.82) is 0 Å². The summed E-state index contributed by atoms with van der Waals surface area (Å²) in [6.07, 6.45) is -4.78. The number of tetrazole rings is 1. The number of aromatic amines is 1. The van der Waals surface area contributed by atoms with Gasteiger partial charge in [-0.15, -0.1) is 5.10 Å². The SMILES string of the molecule is O=S(=O)(Cc1ccc(F)cc1)c1ccc(Oc2cc(Cc3nnn[nH]3)cc(C(F)(F)F)c2)c(F)c1. The zero-order valence-electron chi connectivity index (χ0n) is 17.6. The number of hydrogen-bond acceptors (Lipinski definition) is 6. The summed E-state index contributed by atoms with van der Waals surface area (Å²) in [6, 6.07) is 10.4. The Bertz CT molecular complexity index is 1440. The van der Waals surface area contributed by atoms with Crippen LogP contribution in [0.3, 0.4) is 0 Å². The average Bonchev–Trinajstić information content (AvgIpc) is 3.29. The summed E-state index contributed by atoms with van der Waals surface area (Å²) >= 11 is 0. The Kier molecular flexibility index (Phi) is 6.52. The standard InChI is InChI=1S/C22H15F5N4O3S/c23-16-3-1-13(2-4-16)12-35(32,33)18-5-6-20(19(24)11-18)34-17-8-14(9-21-28-30-31-29-21)7-15(10-17)22(25,26)27/h1-8,10-11H,9,12H2,(H,28,29,30,31). The molecular weight excluding hydrogens is 495 g/mol. The van der Waals surface area contributed by atoms with Crippen LogP contribution in [0.1, 0.15) is 22.5 Å². The lowest BCUT2D eigenvalue weighted by Crippen LogP contribution is -2.07. The molecule has 0 unspecified atom stereocenters. The molecule has 0 spiro atoms. The van der Waals surface area contributed by atoms with Gasteiger partial charge in [0.25, 0.3) is 0 Å². The van der Waals surface area contributed by atoms with Gasteiger partial charge in [0.2, 0.25) is 0 Å². The van der Waals surface area contributed by atoms with Crippen molar-refractivity contribution >= 4 is 9.84 Å². The Morgan fingerprint density at radius 1 is 0.914 bits per heavy atom. The van der Waals surface area contributed by atoms with E-state index in [-0.39, 0.29) is 28.5 Å². The van der Waals surface area contributed by atoms with Crippen molar-refractivity contribution < 1.29 is 35.1 Å². The molecule has 1 aromatic heterocycles. The topological polar surface area (TPSA) is 97.8 Å². The van der Waals surface area contributed by atoms with Crippen LogP contribution in [0.4, 0.5) is 22.0 Å². The Balaban J connectivity index is 1.60. The minimum Gasteiger partial charge on any atom is -0.454 e. The molecular formula is C22H15F5N4O3S. The van der Waals surface area contributed by atoms with Crippen molar-refractivity contribution in [3.8, 4) is 11.5 Å². The van der Waals surface area contributed by atoms with E-state index in [1.165, 1.54) is 18.2 Å². The number of aromatic nitrogens is 4. The molecule has 0 aliphatic rings. The highest BCUT2D eigenvalue weighted by Crippen LogP contribution is 2.35. The molecule has 0 aliphatic heterocycles. The van der Waals surface area contributed by atoms with Gasteiger partial charge in [0.05, 0.1) is 16.2 Å². The molecule has 0 atom stereocenters. The Morgan fingerprint density at radius 2 is 1.66 bits per heavy atom. The van der Waals surface area contributed by atoms with Crippen molar-refractivity contribution in [3.63, 3.8) is 0 Å². The quantitative estimate of drug-likeness (QED) is 0.357. The molecule has 0 bridgehead atoms. The van der Waals surface area contributed by atoms with E-state index in [0.717, 1.165) is 30.3 Å². The molecule has 182 valence electrons. The van der Waals surface area contributed by atoms with Gasteiger partial charge >= 0.3 is 6.18 Å². The molecule has 7 nitrogen and oxygen atoms in total. The molecule has 1 heterocycles. The van der Waals surface area contributed by atoms with Crippen LogP contribution in [-0.4, -0.2) is 29.0 Å². The van der Waals surface area contributed by atoms with Gasteiger partial charge in [-0.25, -0.2) is 22.3 Å². The third-order valence-corrected chi connectivity index (χ3v) is 6.50. The van der Waals surface area contributed by atoms with Gasteiger partial charge in [0, 0.05) is 6.42 Å². The van der Waals surface area contributed by atoms with Gasteiger partial charge in [-0.2, -0.15) is 13.2 Å². The Hall–Kier alpha value is -3.87. The lowest BCUT2D eigenvalue weighted by molar-refractivity contribution is -0.137. The van der Waals surface area contributed by atoms with E-state index in [1.807, 2.05) is 0 Å². The normalized spacial score (nSPS) is 12.0. The first-order chi connectivity index (χ1) is 16.5. The van der Waals surface area contributed by atoms with E-state index in [2.05, 4.69) is 20.6 Å². The zero-order valence-corrected chi connectivity index (χ0v) is 18.4. The highest BCUT2D eigenvalue weighted by atomic mass is 32.2. The summed E-state index contributed by atoms with van der Waals surface area (Å²) in [6.45, 7) is 0. The van der Waals surface area contributed by atoms with Crippen molar-refractivity contribution in [2.45, 2.75) is 23.2 Å². The first kappa shape index (κ1) is 24.3. The molecule has 0 saturated heterocycles. The number of alkyl halides is 3. The molecule has 0 radical (unpaired) electrons. The van der Waals surface area contributed by atoms with Crippen LogP contribution < -0.4 is 4.74 Å². The van der Waals surface area contributed by atoms with Crippen LogP contribution in [0, 0.1) is 11.6 Å². The molecule has 0 saturated carbocycles. The maximum absolute atomic E-state index is 14.7. The molecule has 0 aliphatic carbocycles. The Labute approximate surface area is 195 Å². The molecule has 4 rings (SSSR count). The van der Waals surface area contributed by atoms with Crippen molar-refractivity contribution in [1.82, 2.24) is 20.6 Å². The summed E-state index contributed by atoms with van der Waals surface area (Å²) in [5.74, 6) is -2.71. The summed E-state index contributed by atoms with van der Waals surface area (Å²) < 4.78 is 98.4. The maximum atomic E-state index is 14.7. The number of nitrogens with zero attached hydrogens (tertiary/aromatic N) is 3. The van der Waals surface area contributed by atoms with Gasteiger partial charge < -0.3 is 4.74 Å². The molecule has 0 amide bonds. The van der Waals surface area contributed by atoms with Crippen molar-refractivity contribution in [3.05, 3.63) is 94.8 Å². The number of H-pyrrole nitrogens is 1. The summed E-state index contributed by atoms with van der Waals surface area (Å²) in [5, 5.41) is 12.8. The molecule has 35 heavy (non-hydrogen) atoms. The number of halogens is 5. The monoisotopic (exact) mass is 510 g/mol. The summed E-state index contributed by atoms with van der Waals surface area (Å²) in [4.78, 5) is -0.366. The number of rotatable bonds is 7. The van der Waals surface area contributed by atoms with Crippen LogP contribution in [0.5, 0.6) is 11.5 Å². The number of hydrogen-bond donors (Lipinski definition) is 1. The molecule has 13 heteroatoms. The first-order valence-corrected chi connectivity index (χ1v) is 11.5. The van der Waals surface area contributed by atoms with Crippen LogP contribution in [0.25, 0.3) is 0 Å². The molecule has 0 fully saturated rings. The van der Waals surface area contributed by atoms with E-state index in [4.69, 9.17) is 4.74 Å². The third-order valence-electron chi connectivity index (χ3n) is 4.81. The fourth-order valence-corrected chi connectivity index (χ4v) is 4.56. The van der Waals surface area contributed by atoms with E-state index in [1.54, 1.807) is 0 Å². The highest BCUT2D eigenvalue weighted by molar-refractivity contribution is 7.90. The average molecular weight is 510 g/mol. The minimum absolute atomic E-state index is 0.0731. The smallest absolute Gasteiger partial charge is 0.416 e. The fraction of sp³-hybridized carbons (Fsp3) is 0.136. The first-order valence-electron chi connectivity index (χ1n) is 9.88. The second-order valence-electron chi connectivity index (χ2n) is 7.47. The third kappa shape index (κ3) is 5.98. The van der Waals surface area contributed by atoms with E-state index < -0.39 is 44.7 Å². The second kappa shape index (κ2) is 9.41. The predicted octanol–water partition coefficient (Wildman–Crippen LogP) is 4.85. The second-order valence-corrected chi connectivity index (χ2v) is 9.46. The number of ether oxygens (including phenoxy) is 1. The van der Waals surface area contributed by atoms with Crippen LogP contribution in [0.2, 0.25) is 0 Å². The predicted molar refractivity (Wildman–Crippen MR) is 112 cm³/mol. The number of nitrogens with one attached hydrogen (secondary N) is 1. The lowest BCUT2D eigenvalue weighted by Gasteiger charge is -2.13. The Morgan fingerprint density at radius 3 is 2.29 bits per heavy atom. The van der Waals surface area contributed by atoms with Crippen molar-refractivity contribution in [2.75, 3.05) is 0 Å². The summed E-state index contributed by atoms with van der Waals surface area (Å²) in [5.41, 5.74) is -0.589. The zero-order chi connectivity index (χ0) is 25.2. The van der Waals surface area contributed by atoms with Gasteiger partial charge in [-0.1, -0.05) is 12.1 Å². The van der Waals surface area contributed by atoms with Gasteiger partial charge in [-0.05, 0) is 70.1 Å². The van der Waals surface area contributed by atoms with Crippen LogP contribution >= 0.6 is 0 Å². The van der Waals surface area contributed by atoms with E-state index in [0.29, 0.717) is 17.7 Å². The number of sulfone groups is 1. The van der Waals surface area contributed by atoms with Crippen molar-refractivity contribution in [2.24, 2.45) is 0 Å². The minimum atomic E-state index is -4.70. The van der Waals surface area contributed by atoms with E-state index >= 15 is 0 Å². The van der Waals surface area contributed by atoms with Crippen LogP contribution in [-0.2, 0) is 28.2 Å².